The maximum atomic E-state index is 13.0. The van der Waals surface area contributed by atoms with Gasteiger partial charge in [0.1, 0.15) is 5.54 Å². The third-order valence-corrected chi connectivity index (χ3v) is 6.21. The number of ketones is 1. The van der Waals surface area contributed by atoms with Gasteiger partial charge in [0.05, 0.1) is 5.92 Å². The maximum absolute atomic E-state index is 13.0. The van der Waals surface area contributed by atoms with Crippen LogP contribution < -0.4 is 5.32 Å². The molecule has 0 bridgehead atoms. The second-order valence-corrected chi connectivity index (χ2v) is 7.95. The van der Waals surface area contributed by atoms with Gasteiger partial charge in [-0.15, -0.1) is 0 Å². The van der Waals surface area contributed by atoms with Crippen LogP contribution in [-0.4, -0.2) is 49.7 Å². The highest BCUT2D eigenvalue weighted by Gasteiger charge is 2.48. The van der Waals surface area contributed by atoms with Crippen LogP contribution in [0, 0.1) is 5.92 Å². The molecule has 2 aliphatic rings. The van der Waals surface area contributed by atoms with Gasteiger partial charge >= 0.3 is 12.1 Å². The molecular formula is C21H27ClN2O5. The van der Waals surface area contributed by atoms with E-state index in [0.29, 0.717) is 36.3 Å². The van der Waals surface area contributed by atoms with Gasteiger partial charge in [-0.2, -0.15) is 0 Å². The number of amides is 1. The van der Waals surface area contributed by atoms with Crippen molar-refractivity contribution in [3.05, 3.63) is 34.9 Å². The van der Waals surface area contributed by atoms with Gasteiger partial charge in [0.15, 0.2) is 5.78 Å². The van der Waals surface area contributed by atoms with Gasteiger partial charge in [-0.05, 0) is 51.3 Å². The van der Waals surface area contributed by atoms with Gasteiger partial charge in [0, 0.05) is 24.1 Å². The van der Waals surface area contributed by atoms with E-state index in [1.807, 2.05) is 0 Å². The van der Waals surface area contributed by atoms with Gasteiger partial charge in [-0.3, -0.25) is 14.5 Å². The lowest BCUT2D eigenvalue weighted by Gasteiger charge is -2.43. The smallest absolute Gasteiger partial charge is 0.413 e. The van der Waals surface area contributed by atoms with Gasteiger partial charge in [-0.1, -0.05) is 29.8 Å². The third kappa shape index (κ3) is 4.56. The van der Waals surface area contributed by atoms with Crippen molar-refractivity contribution in [1.82, 2.24) is 10.2 Å². The van der Waals surface area contributed by atoms with Crippen molar-refractivity contribution in [3.63, 3.8) is 0 Å². The average molecular weight is 423 g/mol. The van der Waals surface area contributed by atoms with E-state index in [-0.39, 0.29) is 17.7 Å². The summed E-state index contributed by atoms with van der Waals surface area (Å²) >= 11 is 6.39. The molecule has 1 saturated carbocycles. The standard InChI is InChI=1S/C21H27ClN2O5/c1-24(20(27)29-14-28-19(26)15-9-12-23-13-10-15)21(11-5-4-8-18(21)25)16-6-2-3-7-17(16)22/h2-3,6-7,15,23H,4-5,8-14H2,1H3. The molecule has 29 heavy (non-hydrogen) atoms. The molecule has 158 valence electrons. The SMILES string of the molecule is CN(C(=O)OCOC(=O)C1CCNCC1)C1(c2ccccc2Cl)CCCCC1=O. The molecule has 1 aliphatic heterocycles. The predicted molar refractivity (Wildman–Crippen MR) is 107 cm³/mol. The van der Waals surface area contributed by atoms with E-state index in [1.165, 1.54) is 11.9 Å². The van der Waals surface area contributed by atoms with E-state index in [1.54, 1.807) is 24.3 Å². The average Bonchev–Trinajstić information content (AvgIpc) is 2.74. The molecule has 1 heterocycles. The zero-order valence-corrected chi connectivity index (χ0v) is 17.4. The first-order valence-corrected chi connectivity index (χ1v) is 10.4. The fraction of sp³-hybridized carbons (Fsp3) is 0.571. The van der Waals surface area contributed by atoms with Crippen LogP contribution in [0.25, 0.3) is 0 Å². The molecule has 3 rings (SSSR count). The normalized spacial score (nSPS) is 22.8. The lowest BCUT2D eigenvalue weighted by atomic mass is 9.74. The molecule has 0 aromatic heterocycles. The Labute approximate surface area is 175 Å². The maximum Gasteiger partial charge on any atom is 0.413 e. The van der Waals surface area contributed by atoms with E-state index in [4.69, 9.17) is 21.1 Å². The van der Waals surface area contributed by atoms with Crippen LogP contribution >= 0.6 is 11.6 Å². The van der Waals surface area contributed by atoms with Crippen LogP contribution in [0.3, 0.4) is 0 Å². The molecular weight excluding hydrogens is 396 g/mol. The van der Waals surface area contributed by atoms with Crippen molar-refractivity contribution in [2.24, 2.45) is 5.92 Å². The second kappa shape index (κ2) is 9.59. The number of hydrogen-bond donors (Lipinski definition) is 1. The lowest BCUT2D eigenvalue weighted by Crippen LogP contribution is -2.54. The number of rotatable bonds is 5. The summed E-state index contributed by atoms with van der Waals surface area (Å²) in [4.78, 5) is 39.2. The number of ether oxygens (including phenoxy) is 2. The summed E-state index contributed by atoms with van der Waals surface area (Å²) in [5.74, 6) is -0.610. The van der Waals surface area contributed by atoms with Gasteiger partial charge in [-0.25, -0.2) is 4.79 Å². The van der Waals surface area contributed by atoms with Crippen LogP contribution in [0.1, 0.15) is 44.1 Å². The molecule has 1 aromatic carbocycles. The molecule has 1 amide bonds. The Morgan fingerprint density at radius 2 is 1.93 bits per heavy atom. The van der Waals surface area contributed by atoms with Crippen LogP contribution in [0.2, 0.25) is 5.02 Å². The highest BCUT2D eigenvalue weighted by atomic mass is 35.5. The molecule has 7 nitrogen and oxygen atoms in total. The Morgan fingerprint density at radius 1 is 1.21 bits per heavy atom. The van der Waals surface area contributed by atoms with Crippen LogP contribution in [0.15, 0.2) is 24.3 Å². The Morgan fingerprint density at radius 3 is 2.62 bits per heavy atom. The van der Waals surface area contributed by atoms with Crippen molar-refractivity contribution in [1.29, 1.82) is 0 Å². The van der Waals surface area contributed by atoms with Crippen molar-refractivity contribution >= 4 is 29.4 Å². The van der Waals surface area contributed by atoms with E-state index < -0.39 is 18.4 Å². The summed E-state index contributed by atoms with van der Waals surface area (Å²) in [7, 11) is 1.53. The number of nitrogens with one attached hydrogen (secondary N) is 1. The number of piperidine rings is 1. The molecule has 0 spiro atoms. The predicted octanol–water partition coefficient (Wildman–Crippen LogP) is 3.25. The minimum absolute atomic E-state index is 0.0667. The molecule has 8 heteroatoms. The molecule has 1 aromatic rings. The summed E-state index contributed by atoms with van der Waals surface area (Å²) in [5.41, 5.74) is -0.579. The number of carbonyl (C=O) groups is 3. The van der Waals surface area contributed by atoms with Gasteiger partial charge in [0.25, 0.3) is 0 Å². The third-order valence-electron chi connectivity index (χ3n) is 5.88. The summed E-state index contributed by atoms with van der Waals surface area (Å²) in [6.45, 7) is 1.06. The topological polar surface area (TPSA) is 84.9 Å². The van der Waals surface area contributed by atoms with E-state index >= 15 is 0 Å². The highest BCUT2D eigenvalue weighted by molar-refractivity contribution is 6.31. The zero-order valence-electron chi connectivity index (χ0n) is 16.6. The van der Waals surface area contributed by atoms with Crippen molar-refractivity contribution < 1.29 is 23.9 Å². The molecule has 1 atom stereocenters. The Hall–Kier alpha value is -2.12. The lowest BCUT2D eigenvalue weighted by molar-refractivity contribution is -0.159. The van der Waals surface area contributed by atoms with Gasteiger partial charge in [0.2, 0.25) is 6.79 Å². The minimum atomic E-state index is -1.17. The van der Waals surface area contributed by atoms with Gasteiger partial charge < -0.3 is 14.8 Å². The molecule has 1 saturated heterocycles. The second-order valence-electron chi connectivity index (χ2n) is 7.55. The molecule has 0 radical (unpaired) electrons. The zero-order chi connectivity index (χ0) is 20.9. The number of hydrogen-bond acceptors (Lipinski definition) is 6. The highest BCUT2D eigenvalue weighted by Crippen LogP contribution is 2.42. The van der Waals surface area contributed by atoms with Crippen molar-refractivity contribution in [2.45, 2.75) is 44.1 Å². The number of carbonyl (C=O) groups excluding carboxylic acids is 3. The van der Waals surface area contributed by atoms with Crippen molar-refractivity contribution in [2.75, 3.05) is 26.9 Å². The molecule has 1 N–H and O–H groups in total. The fourth-order valence-electron chi connectivity index (χ4n) is 4.20. The summed E-state index contributed by atoms with van der Waals surface area (Å²) < 4.78 is 10.3. The van der Waals surface area contributed by atoms with E-state index in [2.05, 4.69) is 5.32 Å². The van der Waals surface area contributed by atoms with Crippen LogP contribution in [-0.2, 0) is 24.6 Å². The van der Waals surface area contributed by atoms with Crippen LogP contribution in [0.5, 0.6) is 0 Å². The minimum Gasteiger partial charge on any atom is -0.428 e. The summed E-state index contributed by atoms with van der Waals surface area (Å²) in [6.07, 6.45) is 3.09. The number of nitrogens with zero attached hydrogens (tertiary/aromatic N) is 1. The van der Waals surface area contributed by atoms with E-state index in [0.717, 1.165) is 25.9 Å². The quantitative estimate of drug-likeness (QED) is 0.579. The van der Waals surface area contributed by atoms with Crippen LogP contribution in [0.4, 0.5) is 4.79 Å². The first kappa shape index (κ1) is 21.6. The first-order valence-electron chi connectivity index (χ1n) is 10.0. The summed E-state index contributed by atoms with van der Waals surface area (Å²) in [6, 6.07) is 7.06. The Bertz CT molecular complexity index is 765. The fourth-order valence-corrected chi connectivity index (χ4v) is 4.49. The molecule has 2 fully saturated rings. The number of halogens is 1. The van der Waals surface area contributed by atoms with E-state index in [9.17, 15) is 14.4 Å². The molecule has 1 aliphatic carbocycles. The Kier molecular flexibility index (Phi) is 7.14. The number of likely N-dealkylation sites (N-methyl/N-ethyl adjacent to an activating group) is 1. The number of esters is 1. The largest absolute Gasteiger partial charge is 0.428 e. The number of Topliss-reactive ketones (excluding diaryl/α,β-unsaturated/α-hetero) is 1. The Balaban J connectivity index is 1.68. The molecule has 1 unspecified atom stereocenters. The van der Waals surface area contributed by atoms with Crippen molar-refractivity contribution in [3.8, 4) is 0 Å². The number of benzene rings is 1. The monoisotopic (exact) mass is 422 g/mol. The summed E-state index contributed by atoms with van der Waals surface area (Å²) in [5, 5.41) is 3.61. The first-order chi connectivity index (χ1) is 14.0.